The van der Waals surface area contributed by atoms with E-state index in [1.807, 2.05) is 0 Å². The van der Waals surface area contributed by atoms with Gasteiger partial charge in [0.05, 0.1) is 10.9 Å². The third-order valence-electron chi connectivity index (χ3n) is 5.03. The van der Waals surface area contributed by atoms with Crippen LogP contribution in [0.2, 0.25) is 0 Å². The summed E-state index contributed by atoms with van der Waals surface area (Å²) in [4.78, 5) is 20.8. The van der Waals surface area contributed by atoms with Crippen molar-refractivity contribution in [3.05, 3.63) is 27.3 Å². The Labute approximate surface area is 150 Å². The third kappa shape index (κ3) is 3.17. The summed E-state index contributed by atoms with van der Waals surface area (Å²) in [6.07, 6.45) is 0. The van der Waals surface area contributed by atoms with Gasteiger partial charge in [-0.2, -0.15) is 0 Å². The van der Waals surface area contributed by atoms with E-state index in [1.54, 1.807) is 16.7 Å². The van der Waals surface area contributed by atoms with Crippen LogP contribution in [0.4, 0.5) is 0 Å². The summed E-state index contributed by atoms with van der Waals surface area (Å²) in [5.41, 5.74) is 0.608. The van der Waals surface area contributed by atoms with Crippen LogP contribution in [0.1, 0.15) is 6.92 Å². The second-order valence-corrected chi connectivity index (χ2v) is 6.80. The molecule has 1 fully saturated rings. The average Bonchev–Trinajstić information content (AvgIpc) is 3.08. The Balaban J connectivity index is 1.57. The van der Waals surface area contributed by atoms with Crippen molar-refractivity contribution in [1.82, 2.24) is 19.4 Å². The van der Waals surface area contributed by atoms with Gasteiger partial charge in [0.25, 0.3) is 5.56 Å². The molecule has 0 amide bonds. The number of likely N-dealkylation sites (N-methyl/N-ethyl adjacent to an activating group) is 1. The number of aromatic amines is 1. The summed E-state index contributed by atoms with van der Waals surface area (Å²) in [6.45, 7) is 9.12. The van der Waals surface area contributed by atoms with Crippen LogP contribution in [0.25, 0.3) is 10.9 Å². The molecule has 2 aliphatic rings. The molecule has 0 atom stereocenters. The van der Waals surface area contributed by atoms with Crippen LogP contribution < -0.4 is 15.0 Å². The first-order valence-corrected chi connectivity index (χ1v) is 9.07. The van der Waals surface area contributed by atoms with Gasteiger partial charge in [-0.1, -0.05) is 6.92 Å². The lowest BCUT2D eigenvalue weighted by atomic mass is 10.2. The summed E-state index contributed by atoms with van der Waals surface area (Å²) in [5, 5.41) is 0.577. The molecule has 1 aromatic carbocycles. The molecule has 1 N–H and O–H groups in total. The molecule has 4 rings (SSSR count). The molecule has 0 bridgehead atoms. The van der Waals surface area contributed by atoms with E-state index in [4.69, 9.17) is 21.7 Å². The first-order valence-electron chi connectivity index (χ1n) is 8.67. The number of H-pyrrole nitrogens is 1. The van der Waals surface area contributed by atoms with E-state index in [0.29, 0.717) is 33.7 Å². The third-order valence-corrected chi connectivity index (χ3v) is 5.35. The number of ether oxygens (including phenoxy) is 2. The topological polar surface area (TPSA) is 62.7 Å². The molecule has 0 unspecified atom stereocenters. The maximum Gasteiger partial charge on any atom is 0.262 e. The number of nitrogens with one attached hydrogen (secondary N) is 1. The van der Waals surface area contributed by atoms with Gasteiger partial charge in [-0.25, -0.2) is 0 Å². The average molecular weight is 362 g/mol. The first-order chi connectivity index (χ1) is 12.2. The van der Waals surface area contributed by atoms with Crippen LogP contribution in [0.5, 0.6) is 11.5 Å². The Kier molecular flexibility index (Phi) is 4.49. The van der Waals surface area contributed by atoms with E-state index in [0.717, 1.165) is 39.3 Å². The van der Waals surface area contributed by atoms with Crippen molar-refractivity contribution in [3.8, 4) is 11.5 Å². The summed E-state index contributed by atoms with van der Waals surface area (Å²) < 4.78 is 12.8. The minimum atomic E-state index is -0.0794. The lowest BCUT2D eigenvalue weighted by molar-refractivity contribution is 0.133. The standard InChI is InChI=1S/C17H22N4O3S/c1-2-19-3-5-20(6-4-19)7-8-21-16(22)12-9-14-15(24-11-23-14)10-13(12)18-17(21)25/h9-10H,2-8,11H2,1H3,(H,18,25). The van der Waals surface area contributed by atoms with E-state index < -0.39 is 0 Å². The van der Waals surface area contributed by atoms with Gasteiger partial charge in [-0.15, -0.1) is 0 Å². The highest BCUT2D eigenvalue weighted by Crippen LogP contribution is 2.34. The minimum Gasteiger partial charge on any atom is -0.454 e. The van der Waals surface area contributed by atoms with E-state index in [-0.39, 0.29) is 12.4 Å². The highest BCUT2D eigenvalue weighted by molar-refractivity contribution is 7.71. The van der Waals surface area contributed by atoms with Crippen LogP contribution in [0.3, 0.4) is 0 Å². The Bertz CT molecular complexity index is 899. The van der Waals surface area contributed by atoms with Gasteiger partial charge in [-0.05, 0) is 24.8 Å². The highest BCUT2D eigenvalue weighted by Gasteiger charge is 2.18. The molecular formula is C17H22N4O3S. The van der Waals surface area contributed by atoms with Crippen molar-refractivity contribution in [1.29, 1.82) is 0 Å². The fourth-order valence-electron chi connectivity index (χ4n) is 3.42. The van der Waals surface area contributed by atoms with Gasteiger partial charge in [0.2, 0.25) is 6.79 Å². The molecule has 7 nitrogen and oxygen atoms in total. The SMILES string of the molecule is CCN1CCN(CCn2c(=S)[nH]c3cc4c(cc3c2=O)OCO4)CC1. The van der Waals surface area contributed by atoms with Gasteiger partial charge in [0.1, 0.15) is 0 Å². The van der Waals surface area contributed by atoms with Crippen molar-refractivity contribution in [3.63, 3.8) is 0 Å². The first kappa shape index (κ1) is 16.6. The molecule has 2 aliphatic heterocycles. The number of piperazine rings is 1. The zero-order chi connectivity index (χ0) is 17.4. The zero-order valence-electron chi connectivity index (χ0n) is 14.3. The van der Waals surface area contributed by atoms with Crippen LogP contribution in [0.15, 0.2) is 16.9 Å². The van der Waals surface area contributed by atoms with Crippen molar-refractivity contribution in [2.24, 2.45) is 0 Å². The normalized spacial score (nSPS) is 18.1. The van der Waals surface area contributed by atoms with Crippen LogP contribution in [-0.2, 0) is 6.54 Å². The molecule has 134 valence electrons. The second-order valence-electron chi connectivity index (χ2n) is 6.41. The van der Waals surface area contributed by atoms with Crippen molar-refractivity contribution in [2.45, 2.75) is 13.5 Å². The molecule has 2 aromatic rings. The molecule has 1 aromatic heterocycles. The Morgan fingerprint density at radius 1 is 1.08 bits per heavy atom. The van der Waals surface area contributed by atoms with Gasteiger partial charge in [0.15, 0.2) is 16.3 Å². The summed E-state index contributed by atoms with van der Waals surface area (Å²) >= 11 is 5.41. The Hall–Kier alpha value is -1.90. The molecule has 0 radical (unpaired) electrons. The Morgan fingerprint density at radius 2 is 1.76 bits per heavy atom. The fraction of sp³-hybridized carbons (Fsp3) is 0.529. The lowest BCUT2D eigenvalue weighted by Gasteiger charge is -2.34. The number of hydrogen-bond acceptors (Lipinski definition) is 6. The Morgan fingerprint density at radius 3 is 2.48 bits per heavy atom. The molecule has 1 saturated heterocycles. The molecular weight excluding hydrogens is 340 g/mol. The van der Waals surface area contributed by atoms with E-state index in [9.17, 15) is 4.79 Å². The van der Waals surface area contributed by atoms with Gasteiger partial charge in [0, 0.05) is 45.3 Å². The van der Waals surface area contributed by atoms with Crippen LogP contribution in [0, 0.1) is 4.77 Å². The summed E-state index contributed by atoms with van der Waals surface area (Å²) in [6, 6.07) is 3.52. The monoisotopic (exact) mass is 362 g/mol. The fourth-order valence-corrected chi connectivity index (χ4v) is 3.70. The van der Waals surface area contributed by atoms with E-state index in [2.05, 4.69) is 21.7 Å². The minimum absolute atomic E-state index is 0.0794. The zero-order valence-corrected chi connectivity index (χ0v) is 15.1. The van der Waals surface area contributed by atoms with E-state index in [1.165, 1.54) is 0 Å². The van der Waals surface area contributed by atoms with Crippen LogP contribution >= 0.6 is 12.2 Å². The molecule has 3 heterocycles. The number of rotatable bonds is 4. The maximum atomic E-state index is 12.9. The van der Waals surface area contributed by atoms with Crippen molar-refractivity contribution >= 4 is 23.1 Å². The molecule has 25 heavy (non-hydrogen) atoms. The predicted molar refractivity (Wildman–Crippen MR) is 98.1 cm³/mol. The van der Waals surface area contributed by atoms with Crippen molar-refractivity contribution in [2.75, 3.05) is 46.1 Å². The molecule has 0 aliphatic carbocycles. The van der Waals surface area contributed by atoms with Gasteiger partial charge < -0.3 is 19.4 Å². The number of hydrogen-bond donors (Lipinski definition) is 1. The number of benzene rings is 1. The maximum absolute atomic E-state index is 12.9. The van der Waals surface area contributed by atoms with Crippen LogP contribution in [-0.4, -0.2) is 65.4 Å². The van der Waals surface area contributed by atoms with Gasteiger partial charge in [-0.3, -0.25) is 14.3 Å². The number of fused-ring (bicyclic) bond motifs is 2. The largest absolute Gasteiger partial charge is 0.454 e. The molecule has 0 saturated carbocycles. The molecule has 0 spiro atoms. The number of aromatic nitrogens is 2. The molecule has 8 heteroatoms. The predicted octanol–water partition coefficient (Wildman–Crippen LogP) is 1.43. The number of nitrogens with zero attached hydrogens (tertiary/aromatic N) is 3. The summed E-state index contributed by atoms with van der Waals surface area (Å²) in [7, 11) is 0. The van der Waals surface area contributed by atoms with Crippen molar-refractivity contribution < 1.29 is 9.47 Å². The second kappa shape index (κ2) is 6.78. The smallest absolute Gasteiger partial charge is 0.262 e. The quantitative estimate of drug-likeness (QED) is 0.830. The highest BCUT2D eigenvalue weighted by atomic mass is 32.1. The lowest BCUT2D eigenvalue weighted by Crippen LogP contribution is -2.47. The van der Waals surface area contributed by atoms with E-state index >= 15 is 0 Å². The summed E-state index contributed by atoms with van der Waals surface area (Å²) in [5.74, 6) is 1.25. The van der Waals surface area contributed by atoms with Gasteiger partial charge >= 0.3 is 0 Å².